The first-order chi connectivity index (χ1) is 6.65. The molecule has 1 aromatic rings. The highest BCUT2D eigenvalue weighted by Gasteiger charge is 2.25. The van der Waals surface area contributed by atoms with Crippen molar-refractivity contribution in [3.8, 4) is 0 Å². The highest BCUT2D eigenvalue weighted by atomic mass is 79.9. The van der Waals surface area contributed by atoms with Gasteiger partial charge in [-0.1, -0.05) is 13.0 Å². The lowest BCUT2D eigenvalue weighted by atomic mass is 9.82. The van der Waals surface area contributed by atoms with E-state index in [1.54, 1.807) is 0 Å². The predicted octanol–water partition coefficient (Wildman–Crippen LogP) is 3.97. The summed E-state index contributed by atoms with van der Waals surface area (Å²) in [4.78, 5) is 0. The van der Waals surface area contributed by atoms with Crippen molar-refractivity contribution in [3.05, 3.63) is 28.2 Å². The molecule has 1 aromatic carbocycles. The molecule has 2 heteroatoms. The minimum Gasteiger partial charge on any atom is -0.381 e. The Kier molecular flexibility index (Phi) is 2.82. The Morgan fingerprint density at radius 3 is 2.71 bits per heavy atom. The molecule has 0 unspecified atom stereocenters. The quantitative estimate of drug-likeness (QED) is 0.842. The van der Waals surface area contributed by atoms with Crippen LogP contribution in [0.3, 0.4) is 0 Å². The molecule has 0 radical (unpaired) electrons. The third-order valence-electron chi connectivity index (χ3n) is 2.86. The number of hydrogen-bond acceptors (Lipinski definition) is 1. The van der Waals surface area contributed by atoms with E-state index in [1.165, 1.54) is 28.6 Å². The van der Waals surface area contributed by atoms with Crippen molar-refractivity contribution in [2.45, 2.75) is 32.7 Å². The van der Waals surface area contributed by atoms with E-state index in [0.717, 1.165) is 5.92 Å². The van der Waals surface area contributed by atoms with E-state index in [9.17, 15) is 0 Å². The largest absolute Gasteiger partial charge is 0.381 e. The van der Waals surface area contributed by atoms with Gasteiger partial charge in [-0.05, 0) is 59.3 Å². The second-order valence-electron chi connectivity index (χ2n) is 4.40. The van der Waals surface area contributed by atoms with Crippen molar-refractivity contribution in [1.29, 1.82) is 0 Å². The number of rotatable bonds is 2. The van der Waals surface area contributed by atoms with E-state index in [1.807, 2.05) is 0 Å². The zero-order chi connectivity index (χ0) is 10.1. The summed E-state index contributed by atoms with van der Waals surface area (Å²) < 4.78 is 1.17. The van der Waals surface area contributed by atoms with E-state index >= 15 is 0 Å². The lowest BCUT2D eigenvalue weighted by molar-refractivity contribution is 0.309. The van der Waals surface area contributed by atoms with Crippen LogP contribution in [0.1, 0.15) is 25.3 Å². The summed E-state index contributed by atoms with van der Waals surface area (Å²) in [6, 6.07) is 7.12. The Balaban J connectivity index is 2.05. The van der Waals surface area contributed by atoms with Crippen LogP contribution >= 0.6 is 15.9 Å². The molecule has 0 amide bonds. The smallest absolute Gasteiger partial charge is 0.0489 e. The summed E-state index contributed by atoms with van der Waals surface area (Å²) in [5, 5.41) is 3.57. The molecule has 14 heavy (non-hydrogen) atoms. The van der Waals surface area contributed by atoms with E-state index in [2.05, 4.69) is 53.3 Å². The molecule has 0 heterocycles. The van der Waals surface area contributed by atoms with Crippen LogP contribution in [-0.2, 0) is 0 Å². The fourth-order valence-corrected chi connectivity index (χ4v) is 2.35. The van der Waals surface area contributed by atoms with Crippen LogP contribution in [-0.4, -0.2) is 6.04 Å². The summed E-state index contributed by atoms with van der Waals surface area (Å²) in [6.45, 7) is 4.44. The van der Waals surface area contributed by atoms with Crippen LogP contribution < -0.4 is 5.32 Å². The van der Waals surface area contributed by atoms with Crippen LogP contribution in [0.2, 0.25) is 0 Å². The van der Waals surface area contributed by atoms with Crippen molar-refractivity contribution in [3.63, 3.8) is 0 Å². The van der Waals surface area contributed by atoms with Crippen LogP contribution in [0.15, 0.2) is 22.7 Å². The van der Waals surface area contributed by atoms with Crippen LogP contribution in [0.4, 0.5) is 5.69 Å². The second-order valence-corrected chi connectivity index (χ2v) is 5.26. The van der Waals surface area contributed by atoms with Crippen molar-refractivity contribution < 1.29 is 0 Å². The van der Waals surface area contributed by atoms with Gasteiger partial charge in [0.25, 0.3) is 0 Å². The van der Waals surface area contributed by atoms with Gasteiger partial charge in [0.2, 0.25) is 0 Å². The number of benzene rings is 1. The minimum atomic E-state index is 0.683. The van der Waals surface area contributed by atoms with Gasteiger partial charge in [-0.25, -0.2) is 0 Å². The molecule has 76 valence electrons. The standard InChI is InChI=1S/C12H16BrN/c1-8-3-4-11(13)12(7-8)14-10-5-9(2)6-10/h3-4,7,9-10,14H,5-6H2,1-2H3. The van der Waals surface area contributed by atoms with Gasteiger partial charge in [-0.15, -0.1) is 0 Å². The number of halogens is 1. The van der Waals surface area contributed by atoms with Crippen LogP contribution in [0, 0.1) is 12.8 Å². The maximum absolute atomic E-state index is 3.57. The lowest BCUT2D eigenvalue weighted by Crippen LogP contribution is -2.33. The second kappa shape index (κ2) is 3.93. The zero-order valence-electron chi connectivity index (χ0n) is 8.68. The first kappa shape index (κ1) is 10.0. The average molecular weight is 254 g/mol. The fraction of sp³-hybridized carbons (Fsp3) is 0.500. The van der Waals surface area contributed by atoms with Gasteiger partial charge in [0.15, 0.2) is 0 Å². The normalized spacial score (nSPS) is 25.6. The van der Waals surface area contributed by atoms with Crippen molar-refractivity contribution in [2.75, 3.05) is 5.32 Å². The number of anilines is 1. The summed E-state index contributed by atoms with van der Waals surface area (Å²) in [5.41, 5.74) is 2.55. The fourth-order valence-electron chi connectivity index (χ4n) is 1.99. The number of hydrogen-bond donors (Lipinski definition) is 1. The predicted molar refractivity (Wildman–Crippen MR) is 64.7 cm³/mol. The summed E-state index contributed by atoms with van der Waals surface area (Å²) in [6.07, 6.45) is 2.61. The van der Waals surface area contributed by atoms with Gasteiger partial charge in [0.1, 0.15) is 0 Å². The molecule has 1 aliphatic carbocycles. The van der Waals surface area contributed by atoms with E-state index in [-0.39, 0.29) is 0 Å². The van der Waals surface area contributed by atoms with Crippen molar-refractivity contribution in [2.24, 2.45) is 5.92 Å². The highest BCUT2D eigenvalue weighted by Crippen LogP contribution is 2.32. The average Bonchev–Trinajstić information content (AvgIpc) is 2.09. The summed E-state index contributed by atoms with van der Waals surface area (Å²) >= 11 is 3.56. The molecule has 1 fully saturated rings. The Morgan fingerprint density at radius 1 is 1.36 bits per heavy atom. The highest BCUT2D eigenvalue weighted by molar-refractivity contribution is 9.10. The van der Waals surface area contributed by atoms with Crippen LogP contribution in [0.25, 0.3) is 0 Å². The number of nitrogens with one attached hydrogen (secondary N) is 1. The van der Waals surface area contributed by atoms with E-state index in [0.29, 0.717) is 6.04 Å². The molecule has 1 aliphatic rings. The van der Waals surface area contributed by atoms with E-state index < -0.39 is 0 Å². The molecule has 1 saturated carbocycles. The molecular weight excluding hydrogens is 238 g/mol. The monoisotopic (exact) mass is 253 g/mol. The lowest BCUT2D eigenvalue weighted by Gasteiger charge is -2.34. The number of aryl methyl sites for hydroxylation is 1. The third-order valence-corrected chi connectivity index (χ3v) is 3.55. The molecular formula is C12H16BrN. The molecule has 1 nitrogen and oxygen atoms in total. The molecule has 0 bridgehead atoms. The minimum absolute atomic E-state index is 0.683. The van der Waals surface area contributed by atoms with Gasteiger partial charge >= 0.3 is 0 Å². The van der Waals surface area contributed by atoms with Gasteiger partial charge in [0.05, 0.1) is 0 Å². The molecule has 0 saturated heterocycles. The first-order valence-corrected chi connectivity index (χ1v) is 5.97. The van der Waals surface area contributed by atoms with Gasteiger partial charge in [0, 0.05) is 16.2 Å². The molecule has 0 aliphatic heterocycles. The Hall–Kier alpha value is -0.500. The maximum Gasteiger partial charge on any atom is 0.0489 e. The Morgan fingerprint density at radius 2 is 2.07 bits per heavy atom. The molecule has 0 spiro atoms. The molecule has 1 N–H and O–H groups in total. The third kappa shape index (κ3) is 2.11. The molecule has 0 aromatic heterocycles. The van der Waals surface area contributed by atoms with Gasteiger partial charge in [-0.3, -0.25) is 0 Å². The van der Waals surface area contributed by atoms with Crippen molar-refractivity contribution in [1.82, 2.24) is 0 Å². The van der Waals surface area contributed by atoms with Crippen LogP contribution in [0.5, 0.6) is 0 Å². The molecule has 2 rings (SSSR count). The van der Waals surface area contributed by atoms with Crippen molar-refractivity contribution >= 4 is 21.6 Å². The molecule has 0 atom stereocenters. The first-order valence-electron chi connectivity index (χ1n) is 5.18. The van der Waals surface area contributed by atoms with Gasteiger partial charge in [-0.2, -0.15) is 0 Å². The topological polar surface area (TPSA) is 12.0 Å². The zero-order valence-corrected chi connectivity index (χ0v) is 10.3. The summed E-state index contributed by atoms with van der Waals surface area (Å²) in [7, 11) is 0. The maximum atomic E-state index is 3.57. The SMILES string of the molecule is Cc1ccc(Br)c(NC2CC(C)C2)c1. The Labute approximate surface area is 94.0 Å². The van der Waals surface area contributed by atoms with Gasteiger partial charge < -0.3 is 5.32 Å². The Bertz CT molecular complexity index is 329. The summed E-state index contributed by atoms with van der Waals surface area (Å²) in [5.74, 6) is 0.899. The van der Waals surface area contributed by atoms with E-state index in [4.69, 9.17) is 0 Å².